The van der Waals surface area contributed by atoms with Crippen LogP contribution < -0.4 is 0 Å². The zero-order chi connectivity index (χ0) is 15.7. The highest BCUT2D eigenvalue weighted by atomic mass is 32.2. The molecule has 4 nitrogen and oxygen atoms in total. The molecule has 0 aromatic heterocycles. The summed E-state index contributed by atoms with van der Waals surface area (Å²) in [5, 5.41) is 0. The Morgan fingerprint density at radius 2 is 2.14 bits per heavy atom. The van der Waals surface area contributed by atoms with Gasteiger partial charge in [0, 0.05) is 18.5 Å². The maximum Gasteiger partial charge on any atom is 0.242 e. The van der Waals surface area contributed by atoms with Crippen LogP contribution in [0.15, 0.2) is 24.3 Å². The van der Waals surface area contributed by atoms with Gasteiger partial charge in [-0.3, -0.25) is 9.59 Å². The van der Waals surface area contributed by atoms with Crippen LogP contribution in [0.25, 0.3) is 0 Å². The molecular weight excluding hydrogens is 296 g/mol. The smallest absolute Gasteiger partial charge is 0.242 e. The van der Waals surface area contributed by atoms with Gasteiger partial charge in [0.25, 0.3) is 0 Å². The van der Waals surface area contributed by atoms with E-state index in [4.69, 9.17) is 0 Å². The third-order valence-corrected chi connectivity index (χ3v) is 5.62. The highest BCUT2D eigenvalue weighted by Gasteiger charge is 2.35. The molecule has 1 aromatic carbocycles. The molecule has 2 fully saturated rings. The molecule has 0 N–H and O–H groups in total. The summed E-state index contributed by atoms with van der Waals surface area (Å²) < 4.78 is 0. The summed E-state index contributed by atoms with van der Waals surface area (Å²) >= 11 is 1.58. The van der Waals surface area contributed by atoms with Gasteiger partial charge in [0.15, 0.2) is 0 Å². The molecule has 3 rings (SSSR count). The number of hydrogen-bond acceptors (Lipinski definition) is 3. The third-order valence-electron chi connectivity index (χ3n) is 4.67. The Hall–Kier alpha value is -1.49. The van der Waals surface area contributed by atoms with Crippen molar-refractivity contribution in [3.8, 4) is 0 Å². The van der Waals surface area contributed by atoms with E-state index < -0.39 is 0 Å². The SMILES string of the molecule is Cc1ccccc1[C@@H]1C[C@@H](C)N(C(=O)CN2CSCC2=O)C1. The van der Waals surface area contributed by atoms with E-state index in [-0.39, 0.29) is 24.4 Å². The first-order valence-corrected chi connectivity index (χ1v) is 8.92. The number of hydrogen-bond donors (Lipinski definition) is 0. The summed E-state index contributed by atoms with van der Waals surface area (Å²) in [5.74, 6) is 1.73. The first kappa shape index (κ1) is 15.4. The molecule has 2 amide bonds. The van der Waals surface area contributed by atoms with Crippen molar-refractivity contribution in [1.82, 2.24) is 9.80 Å². The molecule has 5 heteroatoms. The molecule has 118 valence electrons. The minimum Gasteiger partial charge on any atom is -0.338 e. The quantitative estimate of drug-likeness (QED) is 0.858. The highest BCUT2D eigenvalue weighted by molar-refractivity contribution is 8.00. The Morgan fingerprint density at radius 1 is 1.36 bits per heavy atom. The fraction of sp³-hybridized carbons (Fsp3) is 0.529. The lowest BCUT2D eigenvalue weighted by atomic mass is 9.93. The standard InChI is InChI=1S/C17H22N2O2S/c1-12-5-3-4-6-15(12)14-7-13(2)19(8-14)16(20)9-18-11-22-10-17(18)21/h3-6,13-14H,7-11H2,1-2H3/t13-,14-/m1/s1. The minimum absolute atomic E-state index is 0.0828. The molecule has 1 aromatic rings. The van der Waals surface area contributed by atoms with Crippen LogP contribution in [-0.2, 0) is 9.59 Å². The average Bonchev–Trinajstić information content (AvgIpc) is 3.06. The number of benzene rings is 1. The van der Waals surface area contributed by atoms with E-state index in [1.807, 2.05) is 4.90 Å². The predicted molar refractivity (Wildman–Crippen MR) is 88.8 cm³/mol. The molecule has 2 atom stereocenters. The molecule has 0 saturated carbocycles. The van der Waals surface area contributed by atoms with Crippen molar-refractivity contribution in [1.29, 1.82) is 0 Å². The normalized spacial score (nSPS) is 25.1. The van der Waals surface area contributed by atoms with Gasteiger partial charge in [-0.25, -0.2) is 0 Å². The Bertz CT molecular complexity index is 590. The van der Waals surface area contributed by atoms with E-state index >= 15 is 0 Å². The van der Waals surface area contributed by atoms with Crippen LogP contribution in [0, 0.1) is 6.92 Å². The van der Waals surface area contributed by atoms with Crippen molar-refractivity contribution in [3.05, 3.63) is 35.4 Å². The Labute approximate surface area is 135 Å². The van der Waals surface area contributed by atoms with Crippen molar-refractivity contribution in [2.45, 2.75) is 32.2 Å². The van der Waals surface area contributed by atoms with Crippen LogP contribution in [0.3, 0.4) is 0 Å². The van der Waals surface area contributed by atoms with Crippen molar-refractivity contribution in [2.75, 3.05) is 24.7 Å². The van der Waals surface area contributed by atoms with Crippen LogP contribution in [-0.4, -0.2) is 52.4 Å². The van der Waals surface area contributed by atoms with E-state index in [1.165, 1.54) is 11.1 Å². The van der Waals surface area contributed by atoms with Crippen molar-refractivity contribution in [3.63, 3.8) is 0 Å². The first-order valence-electron chi connectivity index (χ1n) is 7.76. The number of rotatable bonds is 3. The molecule has 2 saturated heterocycles. The van der Waals surface area contributed by atoms with E-state index in [9.17, 15) is 9.59 Å². The lowest BCUT2D eigenvalue weighted by Gasteiger charge is -2.24. The number of nitrogens with zero attached hydrogens (tertiary/aromatic N) is 2. The lowest BCUT2D eigenvalue weighted by Crippen LogP contribution is -2.42. The van der Waals surface area contributed by atoms with Gasteiger partial charge in [-0.2, -0.15) is 0 Å². The van der Waals surface area contributed by atoms with Crippen LogP contribution in [0.4, 0.5) is 0 Å². The van der Waals surface area contributed by atoms with Crippen LogP contribution in [0.2, 0.25) is 0 Å². The Morgan fingerprint density at radius 3 is 2.82 bits per heavy atom. The second-order valence-electron chi connectivity index (χ2n) is 6.25. The fourth-order valence-corrected chi connectivity index (χ4v) is 4.35. The van der Waals surface area contributed by atoms with E-state index in [1.54, 1.807) is 16.7 Å². The highest BCUT2D eigenvalue weighted by Crippen LogP contribution is 2.33. The topological polar surface area (TPSA) is 40.6 Å². The van der Waals surface area contributed by atoms with Gasteiger partial charge >= 0.3 is 0 Å². The first-order chi connectivity index (χ1) is 10.6. The molecule has 0 radical (unpaired) electrons. The molecule has 0 bridgehead atoms. The summed E-state index contributed by atoms with van der Waals surface area (Å²) in [6, 6.07) is 8.66. The average molecular weight is 318 g/mol. The molecule has 0 unspecified atom stereocenters. The van der Waals surface area contributed by atoms with Gasteiger partial charge in [-0.05, 0) is 31.4 Å². The molecule has 22 heavy (non-hydrogen) atoms. The predicted octanol–water partition coefficient (Wildman–Crippen LogP) is 2.23. The largest absolute Gasteiger partial charge is 0.338 e. The summed E-state index contributed by atoms with van der Waals surface area (Å²) in [6.45, 7) is 5.23. The molecule has 2 aliphatic heterocycles. The van der Waals surface area contributed by atoms with Crippen LogP contribution in [0.1, 0.15) is 30.4 Å². The monoisotopic (exact) mass is 318 g/mol. The fourth-order valence-electron chi connectivity index (χ4n) is 3.44. The van der Waals surface area contributed by atoms with E-state index in [0.29, 0.717) is 17.5 Å². The number of likely N-dealkylation sites (tertiary alicyclic amines) is 1. The molecule has 0 aliphatic carbocycles. The Balaban J connectivity index is 1.67. The summed E-state index contributed by atoms with van der Waals surface area (Å²) in [5.41, 5.74) is 2.64. The second kappa shape index (κ2) is 6.32. The second-order valence-corrected chi connectivity index (χ2v) is 7.21. The zero-order valence-corrected chi connectivity index (χ0v) is 13.9. The maximum atomic E-state index is 12.5. The number of aryl methyl sites for hydroxylation is 1. The molecular formula is C17H22N2O2S. The number of amides is 2. The summed E-state index contributed by atoms with van der Waals surface area (Å²) in [6.07, 6.45) is 0.999. The Kier molecular flexibility index (Phi) is 4.43. The third kappa shape index (κ3) is 3.00. The molecule has 2 heterocycles. The molecule has 2 aliphatic rings. The molecule has 0 spiro atoms. The van der Waals surface area contributed by atoms with Gasteiger partial charge in [0.05, 0.1) is 11.6 Å². The number of carbonyl (C=O) groups is 2. The van der Waals surface area contributed by atoms with E-state index in [2.05, 4.69) is 38.1 Å². The van der Waals surface area contributed by atoms with Crippen LogP contribution >= 0.6 is 11.8 Å². The van der Waals surface area contributed by atoms with E-state index in [0.717, 1.165) is 13.0 Å². The van der Waals surface area contributed by atoms with Crippen molar-refractivity contribution in [2.24, 2.45) is 0 Å². The van der Waals surface area contributed by atoms with Crippen molar-refractivity contribution >= 4 is 23.6 Å². The van der Waals surface area contributed by atoms with Gasteiger partial charge in [0.1, 0.15) is 6.54 Å². The number of carbonyl (C=O) groups excluding carboxylic acids is 2. The van der Waals surface area contributed by atoms with Crippen molar-refractivity contribution < 1.29 is 9.59 Å². The van der Waals surface area contributed by atoms with Gasteiger partial charge < -0.3 is 9.80 Å². The zero-order valence-electron chi connectivity index (χ0n) is 13.1. The van der Waals surface area contributed by atoms with Gasteiger partial charge in [0.2, 0.25) is 11.8 Å². The summed E-state index contributed by atoms with van der Waals surface area (Å²) in [4.78, 5) is 27.8. The lowest BCUT2D eigenvalue weighted by molar-refractivity contribution is -0.138. The van der Waals surface area contributed by atoms with Crippen LogP contribution in [0.5, 0.6) is 0 Å². The summed E-state index contributed by atoms with van der Waals surface area (Å²) in [7, 11) is 0. The van der Waals surface area contributed by atoms with Gasteiger partial charge in [-0.1, -0.05) is 24.3 Å². The maximum absolute atomic E-state index is 12.5. The van der Waals surface area contributed by atoms with Gasteiger partial charge in [-0.15, -0.1) is 11.8 Å². The number of thioether (sulfide) groups is 1. The minimum atomic E-state index is 0.0828.